The predicted octanol–water partition coefficient (Wildman–Crippen LogP) is 4.35. The molecule has 0 radical (unpaired) electrons. The van der Waals surface area contributed by atoms with Crippen molar-refractivity contribution >= 4 is 5.91 Å². The van der Waals surface area contributed by atoms with E-state index in [0.29, 0.717) is 25.6 Å². The second kappa shape index (κ2) is 8.75. The summed E-state index contributed by atoms with van der Waals surface area (Å²) in [6.45, 7) is 3.33. The van der Waals surface area contributed by atoms with Crippen LogP contribution >= 0.6 is 0 Å². The first-order valence-electron chi connectivity index (χ1n) is 9.27. The van der Waals surface area contributed by atoms with Crippen LogP contribution in [0.15, 0.2) is 48.5 Å². The van der Waals surface area contributed by atoms with Gasteiger partial charge in [-0.15, -0.1) is 0 Å². The number of carbonyl (C=O) groups is 1. The Morgan fingerprint density at radius 1 is 1.04 bits per heavy atom. The minimum absolute atomic E-state index is 0.228. The molecule has 26 heavy (non-hydrogen) atoms. The van der Waals surface area contributed by atoms with Crippen molar-refractivity contribution in [1.29, 1.82) is 0 Å². The molecular weight excluding hydrogens is 326 g/mol. The molecule has 3 rings (SSSR count). The van der Waals surface area contributed by atoms with Gasteiger partial charge in [0.2, 0.25) is 5.91 Å². The molecule has 0 saturated heterocycles. The Labute approximate surface area is 155 Å². The maximum atomic E-state index is 12.6. The average Bonchev–Trinajstić information content (AvgIpc) is 3.50. The number of amides is 1. The fourth-order valence-corrected chi connectivity index (χ4v) is 2.93. The standard InChI is InChI=1S/C22H27NO3/c1-17-5-7-18(8-6-17)16-23(19-9-10-19)22(24)4-3-15-26-21-13-11-20(25-2)12-14-21/h5-8,11-14,19H,3-4,9-10,15-16H2,1-2H3. The number of ether oxygens (including phenoxy) is 2. The minimum Gasteiger partial charge on any atom is -0.497 e. The van der Waals surface area contributed by atoms with Crippen LogP contribution in [0.2, 0.25) is 0 Å². The van der Waals surface area contributed by atoms with E-state index < -0.39 is 0 Å². The van der Waals surface area contributed by atoms with Gasteiger partial charge in [-0.1, -0.05) is 29.8 Å². The van der Waals surface area contributed by atoms with Crippen LogP contribution in [0, 0.1) is 6.92 Å². The van der Waals surface area contributed by atoms with Gasteiger partial charge >= 0.3 is 0 Å². The normalized spacial score (nSPS) is 13.3. The van der Waals surface area contributed by atoms with E-state index in [9.17, 15) is 4.79 Å². The first-order chi connectivity index (χ1) is 12.7. The highest BCUT2D eigenvalue weighted by Crippen LogP contribution is 2.29. The van der Waals surface area contributed by atoms with Crippen molar-refractivity contribution in [2.75, 3.05) is 13.7 Å². The Bertz CT molecular complexity index is 705. The first-order valence-corrected chi connectivity index (χ1v) is 9.27. The third-order valence-electron chi connectivity index (χ3n) is 4.64. The smallest absolute Gasteiger partial charge is 0.223 e. The number of benzene rings is 2. The van der Waals surface area contributed by atoms with Crippen molar-refractivity contribution in [1.82, 2.24) is 4.90 Å². The highest BCUT2D eigenvalue weighted by Gasteiger charge is 2.32. The fourth-order valence-electron chi connectivity index (χ4n) is 2.93. The summed E-state index contributed by atoms with van der Waals surface area (Å²) < 4.78 is 10.8. The third kappa shape index (κ3) is 5.25. The van der Waals surface area contributed by atoms with Gasteiger partial charge in [0.05, 0.1) is 13.7 Å². The van der Waals surface area contributed by atoms with E-state index in [0.717, 1.165) is 30.8 Å². The van der Waals surface area contributed by atoms with Crippen LogP contribution in [0.1, 0.15) is 36.8 Å². The average molecular weight is 353 g/mol. The van der Waals surface area contributed by atoms with Gasteiger partial charge in [0.25, 0.3) is 0 Å². The van der Waals surface area contributed by atoms with Gasteiger partial charge in [-0.2, -0.15) is 0 Å². The highest BCUT2D eigenvalue weighted by atomic mass is 16.5. The van der Waals surface area contributed by atoms with Crippen LogP contribution in [0.4, 0.5) is 0 Å². The molecule has 1 aliphatic carbocycles. The Kier molecular flexibility index (Phi) is 6.16. The molecule has 0 bridgehead atoms. The summed E-state index contributed by atoms with van der Waals surface area (Å²) >= 11 is 0. The van der Waals surface area contributed by atoms with Crippen LogP contribution in [0.25, 0.3) is 0 Å². The van der Waals surface area contributed by atoms with Crippen LogP contribution < -0.4 is 9.47 Å². The molecule has 0 N–H and O–H groups in total. The van der Waals surface area contributed by atoms with Crippen LogP contribution in [-0.4, -0.2) is 30.6 Å². The maximum absolute atomic E-state index is 12.6. The van der Waals surface area contributed by atoms with Crippen LogP contribution in [0.3, 0.4) is 0 Å². The topological polar surface area (TPSA) is 38.8 Å². The highest BCUT2D eigenvalue weighted by molar-refractivity contribution is 5.76. The van der Waals surface area contributed by atoms with E-state index in [1.807, 2.05) is 29.2 Å². The van der Waals surface area contributed by atoms with E-state index in [1.165, 1.54) is 11.1 Å². The number of hydrogen-bond donors (Lipinski definition) is 0. The van der Waals surface area contributed by atoms with Gasteiger partial charge in [0.15, 0.2) is 0 Å². The molecule has 0 aromatic heterocycles. The number of aryl methyl sites for hydroxylation is 1. The number of rotatable bonds is 9. The molecule has 0 atom stereocenters. The summed E-state index contributed by atoms with van der Waals surface area (Å²) in [6.07, 6.45) is 3.50. The van der Waals surface area contributed by atoms with E-state index >= 15 is 0 Å². The second-order valence-corrected chi connectivity index (χ2v) is 6.87. The third-order valence-corrected chi connectivity index (χ3v) is 4.64. The van der Waals surface area contributed by atoms with Gasteiger partial charge in [0.1, 0.15) is 11.5 Å². The van der Waals surface area contributed by atoms with E-state index in [4.69, 9.17) is 9.47 Å². The van der Waals surface area contributed by atoms with Crippen molar-refractivity contribution in [3.8, 4) is 11.5 Å². The number of methoxy groups -OCH3 is 1. The monoisotopic (exact) mass is 353 g/mol. The van der Waals surface area contributed by atoms with Crippen molar-refractivity contribution in [2.45, 2.75) is 45.2 Å². The lowest BCUT2D eigenvalue weighted by molar-refractivity contribution is -0.132. The number of nitrogens with zero attached hydrogens (tertiary/aromatic N) is 1. The Morgan fingerprint density at radius 3 is 2.31 bits per heavy atom. The molecule has 1 amide bonds. The van der Waals surface area contributed by atoms with Crippen molar-refractivity contribution in [3.05, 3.63) is 59.7 Å². The maximum Gasteiger partial charge on any atom is 0.223 e. The van der Waals surface area contributed by atoms with Gasteiger partial charge in [0, 0.05) is 19.0 Å². The van der Waals surface area contributed by atoms with Crippen molar-refractivity contribution in [3.63, 3.8) is 0 Å². The van der Waals surface area contributed by atoms with Crippen molar-refractivity contribution in [2.24, 2.45) is 0 Å². The van der Waals surface area contributed by atoms with Crippen molar-refractivity contribution < 1.29 is 14.3 Å². The molecule has 0 heterocycles. The molecule has 1 saturated carbocycles. The number of hydrogen-bond acceptors (Lipinski definition) is 3. The lowest BCUT2D eigenvalue weighted by atomic mass is 10.1. The van der Waals surface area contributed by atoms with E-state index in [1.54, 1.807) is 7.11 Å². The molecule has 138 valence electrons. The van der Waals surface area contributed by atoms with Gasteiger partial charge in [-0.25, -0.2) is 0 Å². The summed E-state index contributed by atoms with van der Waals surface area (Å²) in [5.41, 5.74) is 2.44. The SMILES string of the molecule is COc1ccc(OCCCC(=O)N(Cc2ccc(C)cc2)C2CC2)cc1. The zero-order valence-corrected chi connectivity index (χ0v) is 15.6. The Balaban J connectivity index is 1.45. The van der Waals surface area contributed by atoms with Gasteiger partial charge in [-0.05, 0) is 56.0 Å². The number of carbonyl (C=O) groups excluding carboxylic acids is 1. The molecule has 1 fully saturated rings. The van der Waals surface area contributed by atoms with Gasteiger partial charge < -0.3 is 14.4 Å². The molecular formula is C22H27NO3. The summed E-state index contributed by atoms with van der Waals surface area (Å²) in [5.74, 6) is 1.84. The molecule has 1 aliphatic rings. The second-order valence-electron chi connectivity index (χ2n) is 6.87. The largest absolute Gasteiger partial charge is 0.497 e. The molecule has 2 aromatic carbocycles. The Morgan fingerprint density at radius 2 is 1.69 bits per heavy atom. The quantitative estimate of drug-likeness (QED) is 0.629. The van der Waals surface area contributed by atoms with E-state index in [-0.39, 0.29) is 5.91 Å². The lowest BCUT2D eigenvalue weighted by Gasteiger charge is -2.23. The molecule has 0 aliphatic heterocycles. The van der Waals surface area contributed by atoms with E-state index in [2.05, 4.69) is 31.2 Å². The summed E-state index contributed by atoms with van der Waals surface area (Å²) in [4.78, 5) is 14.7. The first kappa shape index (κ1) is 18.3. The summed E-state index contributed by atoms with van der Waals surface area (Å²) in [7, 11) is 1.64. The molecule has 4 heteroatoms. The van der Waals surface area contributed by atoms with Crippen LogP contribution in [-0.2, 0) is 11.3 Å². The molecule has 0 unspecified atom stereocenters. The predicted molar refractivity (Wildman–Crippen MR) is 102 cm³/mol. The Hall–Kier alpha value is -2.49. The van der Waals surface area contributed by atoms with Gasteiger partial charge in [-0.3, -0.25) is 4.79 Å². The minimum atomic E-state index is 0.228. The zero-order valence-electron chi connectivity index (χ0n) is 15.6. The zero-order chi connectivity index (χ0) is 18.4. The fraction of sp³-hybridized carbons (Fsp3) is 0.409. The lowest BCUT2D eigenvalue weighted by Crippen LogP contribution is -2.32. The molecule has 4 nitrogen and oxygen atoms in total. The summed E-state index contributed by atoms with van der Waals surface area (Å²) in [6, 6.07) is 16.4. The molecule has 2 aromatic rings. The van der Waals surface area contributed by atoms with Crippen LogP contribution in [0.5, 0.6) is 11.5 Å². The summed E-state index contributed by atoms with van der Waals surface area (Å²) in [5, 5.41) is 0. The molecule has 0 spiro atoms.